The summed E-state index contributed by atoms with van der Waals surface area (Å²) in [5.41, 5.74) is 6.56. The number of hydroxylamine groups is 2. The van der Waals surface area contributed by atoms with Gasteiger partial charge in [0.1, 0.15) is 42.9 Å². The third-order valence-electron chi connectivity index (χ3n) is 13.1. The first-order valence-corrected chi connectivity index (χ1v) is 24.6. The van der Waals surface area contributed by atoms with E-state index in [4.69, 9.17) is 19.0 Å². The minimum atomic E-state index is -1.63. The van der Waals surface area contributed by atoms with E-state index in [1.165, 1.54) is 13.8 Å². The van der Waals surface area contributed by atoms with E-state index >= 15 is 4.79 Å². The molecule has 7 amide bonds. The van der Waals surface area contributed by atoms with Crippen LogP contribution in [0.5, 0.6) is 0 Å². The van der Waals surface area contributed by atoms with Crippen molar-refractivity contribution in [2.24, 2.45) is 23.7 Å². The van der Waals surface area contributed by atoms with Crippen LogP contribution in [0.3, 0.4) is 0 Å². The lowest BCUT2D eigenvalue weighted by molar-refractivity contribution is -0.211. The van der Waals surface area contributed by atoms with E-state index in [-0.39, 0.29) is 38.6 Å². The number of alkyl carbamates (subject to hydrolysis) is 1. The SMILES string of the molecule is CC(C)CC1CCC(C(C)C(=O)NC2C(=O)N3NCCCC3C(=O)N(OC(=O)CCNC(=O)OCc3ccccc3)C(C)C(=O)NCC(=O)N3NCCCC3C(=O)NC(C)C(=O)OC2C(C)C)OC1C. The number of amides is 7. The Labute approximate surface area is 409 Å². The molecule has 5 rings (SSSR count). The van der Waals surface area contributed by atoms with Crippen molar-refractivity contribution in [3.8, 4) is 0 Å². The normalized spacial score (nSPS) is 28.2. The van der Waals surface area contributed by atoms with Crippen molar-refractivity contribution < 1.29 is 62.2 Å². The summed E-state index contributed by atoms with van der Waals surface area (Å²) in [7, 11) is 0. The minimum Gasteiger partial charge on any atom is -0.458 e. The number of hydrazine groups is 2. The van der Waals surface area contributed by atoms with Gasteiger partial charge < -0.3 is 40.3 Å². The molecular formula is C48H73N9O13. The Kier molecular flexibility index (Phi) is 20.3. The van der Waals surface area contributed by atoms with E-state index in [1.54, 1.807) is 45.0 Å². The molecule has 0 saturated carbocycles. The van der Waals surface area contributed by atoms with Gasteiger partial charge in [-0.1, -0.05) is 65.0 Å². The average Bonchev–Trinajstić information content (AvgIpc) is 3.34. The zero-order chi connectivity index (χ0) is 51.2. The molecule has 70 heavy (non-hydrogen) atoms. The Hall–Kier alpha value is -5.87. The first kappa shape index (κ1) is 55.1. The zero-order valence-electron chi connectivity index (χ0n) is 41.7. The topological polar surface area (TPSA) is 272 Å². The fraction of sp³-hybridized carbons (Fsp3) is 0.688. The van der Waals surface area contributed by atoms with Gasteiger partial charge in [0.15, 0.2) is 0 Å². The van der Waals surface area contributed by atoms with E-state index in [2.05, 4.69) is 46.0 Å². The lowest BCUT2D eigenvalue weighted by atomic mass is 9.83. The number of esters is 1. The molecule has 1 aromatic rings. The molecule has 10 atom stereocenters. The van der Waals surface area contributed by atoms with Crippen molar-refractivity contribution >= 4 is 53.5 Å². The maximum Gasteiger partial charge on any atom is 0.407 e. The number of fused-ring (bicyclic) bond motifs is 2. The highest BCUT2D eigenvalue weighted by atomic mass is 16.7. The van der Waals surface area contributed by atoms with E-state index in [1.807, 2.05) is 13.0 Å². The van der Waals surface area contributed by atoms with Crippen LogP contribution in [0.2, 0.25) is 0 Å². The number of nitrogens with zero attached hydrogens (tertiary/aromatic N) is 3. The van der Waals surface area contributed by atoms with Crippen LogP contribution in [-0.4, -0.2) is 143 Å². The minimum absolute atomic E-state index is 0.00705. The zero-order valence-corrected chi connectivity index (χ0v) is 41.7. The molecule has 4 aliphatic rings. The van der Waals surface area contributed by atoms with Crippen LogP contribution in [-0.2, 0) is 64.0 Å². The molecule has 1 aromatic carbocycles. The lowest BCUT2D eigenvalue weighted by Gasteiger charge is -2.42. The quantitative estimate of drug-likeness (QED) is 0.162. The van der Waals surface area contributed by atoms with Crippen molar-refractivity contribution in [1.82, 2.24) is 47.2 Å². The van der Waals surface area contributed by atoms with Crippen LogP contribution in [0.25, 0.3) is 0 Å². The summed E-state index contributed by atoms with van der Waals surface area (Å²) in [5, 5.41) is 12.9. The fourth-order valence-electron chi connectivity index (χ4n) is 9.04. The number of carbonyl (C=O) groups excluding carboxylic acids is 9. The number of cyclic esters (lactones) is 1. The first-order chi connectivity index (χ1) is 33.3. The van der Waals surface area contributed by atoms with Gasteiger partial charge >= 0.3 is 18.0 Å². The highest BCUT2D eigenvalue weighted by Gasteiger charge is 2.47. The highest BCUT2D eigenvalue weighted by molar-refractivity contribution is 5.96. The van der Waals surface area contributed by atoms with Gasteiger partial charge in [-0.05, 0) is 89.0 Å². The second-order valence-corrected chi connectivity index (χ2v) is 19.4. The van der Waals surface area contributed by atoms with E-state index in [9.17, 15) is 38.4 Å². The smallest absolute Gasteiger partial charge is 0.407 e. The summed E-state index contributed by atoms with van der Waals surface area (Å²) >= 11 is 0. The molecule has 10 unspecified atom stereocenters. The van der Waals surface area contributed by atoms with Gasteiger partial charge in [0.05, 0.1) is 31.1 Å². The molecule has 4 saturated heterocycles. The van der Waals surface area contributed by atoms with Gasteiger partial charge in [-0.25, -0.2) is 25.2 Å². The molecule has 0 spiro atoms. The van der Waals surface area contributed by atoms with Gasteiger partial charge in [-0.15, -0.1) is 0 Å². The third kappa shape index (κ3) is 14.8. The van der Waals surface area contributed by atoms with Crippen LogP contribution in [0, 0.1) is 23.7 Å². The van der Waals surface area contributed by atoms with Crippen molar-refractivity contribution in [3.05, 3.63) is 35.9 Å². The van der Waals surface area contributed by atoms with Crippen molar-refractivity contribution in [1.29, 1.82) is 0 Å². The van der Waals surface area contributed by atoms with Crippen molar-refractivity contribution in [2.75, 3.05) is 26.2 Å². The molecule has 4 aliphatic heterocycles. The van der Waals surface area contributed by atoms with Crippen LogP contribution >= 0.6 is 0 Å². The van der Waals surface area contributed by atoms with Crippen LogP contribution in [0.15, 0.2) is 30.3 Å². The molecule has 388 valence electrons. The summed E-state index contributed by atoms with van der Waals surface area (Å²) in [4.78, 5) is 131. The number of benzene rings is 1. The molecule has 22 heteroatoms. The monoisotopic (exact) mass is 984 g/mol. The predicted molar refractivity (Wildman–Crippen MR) is 250 cm³/mol. The number of rotatable bonds is 12. The molecule has 0 bridgehead atoms. The summed E-state index contributed by atoms with van der Waals surface area (Å²) in [6, 6.07) is 1.81. The fourth-order valence-corrected chi connectivity index (χ4v) is 9.04. The Balaban J connectivity index is 1.46. The van der Waals surface area contributed by atoms with E-state index in [0.717, 1.165) is 28.4 Å². The molecule has 22 nitrogen and oxygen atoms in total. The summed E-state index contributed by atoms with van der Waals surface area (Å²) < 4.78 is 17.7. The number of hydrogen-bond acceptors (Lipinski definition) is 15. The predicted octanol–water partition coefficient (Wildman–Crippen LogP) is 1.52. The van der Waals surface area contributed by atoms with Gasteiger partial charge in [-0.3, -0.25) is 38.8 Å². The number of hydrogen-bond donors (Lipinski definition) is 6. The van der Waals surface area contributed by atoms with Crippen LogP contribution in [0.1, 0.15) is 112 Å². The Morgan fingerprint density at radius 1 is 0.829 bits per heavy atom. The maximum absolute atomic E-state index is 15.2. The Morgan fingerprint density at radius 2 is 1.50 bits per heavy atom. The Bertz CT molecular complexity index is 2020. The van der Waals surface area contributed by atoms with Crippen LogP contribution < -0.4 is 32.1 Å². The molecule has 4 fully saturated rings. The number of ether oxygens (including phenoxy) is 3. The standard InChI is InChI=1S/C48H73N9O13/c1-27(2)24-34-18-19-37(68-32(34)8)29(5)42(60)54-40-41(28(3)4)69-47(65)30(6)53-44(62)35-16-12-21-51-55(35)38(58)25-50-43(61)31(7)57(45(63)36-17-13-22-52-56(36)46(40)64)70-39(59)20-23-49-48(66)67-26-33-14-10-9-11-15-33/h9-11,14-15,27-32,34-37,40-41,51-52H,12-13,16-26H2,1-8H3,(H,49,66)(H,50,61)(H,53,62)(H,54,60). The molecule has 0 aliphatic carbocycles. The van der Waals surface area contributed by atoms with Crippen LogP contribution in [0.4, 0.5) is 4.79 Å². The highest BCUT2D eigenvalue weighted by Crippen LogP contribution is 2.33. The summed E-state index contributed by atoms with van der Waals surface area (Å²) in [5.74, 6) is -7.47. The Morgan fingerprint density at radius 3 is 2.16 bits per heavy atom. The largest absolute Gasteiger partial charge is 0.458 e. The molecule has 0 radical (unpaired) electrons. The lowest BCUT2D eigenvalue weighted by Crippen LogP contribution is -2.67. The molecule has 4 heterocycles. The van der Waals surface area contributed by atoms with Gasteiger partial charge in [0.25, 0.3) is 17.7 Å². The molecule has 6 N–H and O–H groups in total. The summed E-state index contributed by atoms with van der Waals surface area (Å²) in [6.45, 7) is 13.5. The van der Waals surface area contributed by atoms with Gasteiger partial charge in [0.2, 0.25) is 17.7 Å². The third-order valence-corrected chi connectivity index (χ3v) is 13.1. The second-order valence-electron chi connectivity index (χ2n) is 19.4. The van der Waals surface area contributed by atoms with Crippen molar-refractivity contribution in [3.63, 3.8) is 0 Å². The second kappa shape index (κ2) is 25.8. The van der Waals surface area contributed by atoms with Gasteiger partial charge in [0, 0.05) is 19.6 Å². The van der Waals surface area contributed by atoms with Gasteiger partial charge in [-0.2, -0.15) is 5.06 Å². The van der Waals surface area contributed by atoms with Crippen molar-refractivity contribution in [2.45, 2.75) is 162 Å². The molecular weight excluding hydrogens is 911 g/mol. The first-order valence-electron chi connectivity index (χ1n) is 24.6. The average molecular weight is 984 g/mol. The molecule has 0 aromatic heterocycles. The maximum atomic E-state index is 15.2. The van der Waals surface area contributed by atoms with E-state index < -0.39 is 121 Å². The number of nitrogens with one attached hydrogen (secondary N) is 6. The number of carbonyl (C=O) groups is 9. The summed E-state index contributed by atoms with van der Waals surface area (Å²) in [6.07, 6.45) is 0.0939. The van der Waals surface area contributed by atoms with E-state index in [0.29, 0.717) is 42.7 Å².